The van der Waals surface area contributed by atoms with Crippen LogP contribution >= 0.6 is 0 Å². The highest BCUT2D eigenvalue weighted by Crippen LogP contribution is 2.33. The van der Waals surface area contributed by atoms with Crippen molar-refractivity contribution in [1.29, 1.82) is 0 Å². The van der Waals surface area contributed by atoms with E-state index in [0.717, 1.165) is 0 Å². The fourth-order valence-corrected chi connectivity index (χ4v) is 2.28. The molecule has 0 saturated carbocycles. The van der Waals surface area contributed by atoms with E-state index >= 15 is 0 Å². The van der Waals surface area contributed by atoms with Crippen molar-refractivity contribution in [3.63, 3.8) is 0 Å². The smallest absolute Gasteiger partial charge is 0.0366 e. The zero-order chi connectivity index (χ0) is 13.3. The number of rotatable bonds is 2. The average Bonchev–Trinajstić information content (AvgIpc) is 2.16. The van der Waals surface area contributed by atoms with Gasteiger partial charge in [-0.15, -0.1) is 0 Å². The van der Waals surface area contributed by atoms with E-state index < -0.39 is 0 Å². The van der Waals surface area contributed by atoms with Gasteiger partial charge in [0.1, 0.15) is 0 Å². The van der Waals surface area contributed by atoms with E-state index in [1.807, 2.05) is 7.05 Å². The molecule has 1 rings (SSSR count). The zero-order valence-corrected chi connectivity index (χ0v) is 12.4. The van der Waals surface area contributed by atoms with Gasteiger partial charge in [0.2, 0.25) is 0 Å². The second-order valence-corrected chi connectivity index (χ2v) is 6.96. The van der Waals surface area contributed by atoms with Crippen LogP contribution < -0.4 is 5.32 Å². The molecular formula is C16H27N. The second kappa shape index (κ2) is 4.81. The molecule has 1 heteroatoms. The first kappa shape index (κ1) is 14.2. The molecule has 1 unspecified atom stereocenters. The third kappa shape index (κ3) is 3.57. The Morgan fingerprint density at radius 3 is 1.65 bits per heavy atom. The Kier molecular flexibility index (Phi) is 4.03. The maximum Gasteiger partial charge on any atom is 0.0366 e. The van der Waals surface area contributed by atoms with Crippen LogP contribution in [-0.2, 0) is 5.41 Å². The van der Waals surface area contributed by atoms with Crippen molar-refractivity contribution in [2.45, 2.75) is 53.0 Å². The Morgan fingerprint density at radius 2 is 1.35 bits per heavy atom. The minimum atomic E-state index is 0.232. The first-order valence-corrected chi connectivity index (χ1v) is 6.44. The highest BCUT2D eigenvalue weighted by atomic mass is 14.9. The Balaban J connectivity index is 3.02. The lowest BCUT2D eigenvalue weighted by Gasteiger charge is -2.31. The monoisotopic (exact) mass is 233 g/mol. The third-order valence-corrected chi connectivity index (χ3v) is 3.26. The number of hydrogen-bond donors (Lipinski definition) is 1. The Bertz CT molecular complexity index is 349. The quantitative estimate of drug-likeness (QED) is 0.803. The maximum absolute atomic E-state index is 3.42. The Labute approximate surface area is 107 Å². The SMILES string of the molecule is CNC(c1ccc(C(C)(C)C)cc1)C(C)(C)C. The number of hydrogen-bond acceptors (Lipinski definition) is 1. The third-order valence-electron chi connectivity index (χ3n) is 3.26. The molecule has 0 saturated heterocycles. The summed E-state index contributed by atoms with van der Waals surface area (Å²) in [5.41, 5.74) is 3.23. The summed E-state index contributed by atoms with van der Waals surface area (Å²) in [6.07, 6.45) is 0. The van der Waals surface area contributed by atoms with Crippen LogP contribution in [-0.4, -0.2) is 7.05 Å². The van der Waals surface area contributed by atoms with Gasteiger partial charge in [-0.05, 0) is 29.0 Å². The summed E-state index contributed by atoms with van der Waals surface area (Å²) in [6.45, 7) is 13.6. The molecule has 17 heavy (non-hydrogen) atoms. The standard InChI is InChI=1S/C16H27N/c1-15(2,3)13-10-8-12(9-11-13)14(17-7)16(4,5)6/h8-11,14,17H,1-7H3. The van der Waals surface area contributed by atoms with Crippen molar-refractivity contribution in [1.82, 2.24) is 5.32 Å². The largest absolute Gasteiger partial charge is 0.313 e. The van der Waals surface area contributed by atoms with Gasteiger partial charge in [-0.2, -0.15) is 0 Å². The summed E-state index contributed by atoms with van der Waals surface area (Å²) >= 11 is 0. The van der Waals surface area contributed by atoms with E-state index in [-0.39, 0.29) is 10.8 Å². The predicted molar refractivity (Wildman–Crippen MR) is 76.4 cm³/mol. The highest BCUT2D eigenvalue weighted by Gasteiger charge is 2.24. The summed E-state index contributed by atoms with van der Waals surface area (Å²) in [7, 11) is 2.04. The molecule has 0 aromatic heterocycles. The van der Waals surface area contributed by atoms with Crippen LogP contribution in [0.25, 0.3) is 0 Å². The van der Waals surface area contributed by atoms with Gasteiger partial charge in [-0.25, -0.2) is 0 Å². The van der Waals surface area contributed by atoms with Crippen molar-refractivity contribution in [2.24, 2.45) is 5.41 Å². The molecule has 96 valence electrons. The van der Waals surface area contributed by atoms with E-state index in [1.165, 1.54) is 11.1 Å². The predicted octanol–water partition coefficient (Wildman–Crippen LogP) is 4.29. The second-order valence-electron chi connectivity index (χ2n) is 6.96. The fraction of sp³-hybridized carbons (Fsp3) is 0.625. The van der Waals surface area contributed by atoms with Crippen LogP contribution in [0.1, 0.15) is 58.7 Å². The van der Waals surface area contributed by atoms with Gasteiger partial charge in [0.15, 0.2) is 0 Å². The van der Waals surface area contributed by atoms with Crippen molar-refractivity contribution < 1.29 is 0 Å². The number of benzene rings is 1. The van der Waals surface area contributed by atoms with Crippen molar-refractivity contribution in [3.05, 3.63) is 35.4 Å². The normalized spacial score (nSPS) is 14.8. The van der Waals surface area contributed by atoms with Gasteiger partial charge < -0.3 is 5.32 Å². The Hall–Kier alpha value is -0.820. The van der Waals surface area contributed by atoms with Gasteiger partial charge in [0, 0.05) is 6.04 Å². The van der Waals surface area contributed by atoms with Crippen molar-refractivity contribution in [3.8, 4) is 0 Å². The molecule has 1 nitrogen and oxygen atoms in total. The van der Waals surface area contributed by atoms with E-state index in [9.17, 15) is 0 Å². The minimum absolute atomic E-state index is 0.232. The van der Waals surface area contributed by atoms with E-state index in [0.29, 0.717) is 6.04 Å². The van der Waals surface area contributed by atoms with E-state index in [1.54, 1.807) is 0 Å². The van der Waals surface area contributed by atoms with Crippen molar-refractivity contribution in [2.75, 3.05) is 7.05 Å². The van der Waals surface area contributed by atoms with Crippen molar-refractivity contribution >= 4 is 0 Å². The molecule has 0 bridgehead atoms. The highest BCUT2D eigenvalue weighted by molar-refractivity contribution is 5.30. The minimum Gasteiger partial charge on any atom is -0.313 e. The van der Waals surface area contributed by atoms with Crippen LogP contribution in [0.2, 0.25) is 0 Å². The van der Waals surface area contributed by atoms with E-state index in [4.69, 9.17) is 0 Å². The van der Waals surface area contributed by atoms with E-state index in [2.05, 4.69) is 71.1 Å². The summed E-state index contributed by atoms with van der Waals surface area (Å²) in [4.78, 5) is 0. The maximum atomic E-state index is 3.42. The van der Waals surface area contributed by atoms with Crippen LogP contribution in [0.5, 0.6) is 0 Å². The molecule has 1 atom stereocenters. The molecule has 0 heterocycles. The summed E-state index contributed by atoms with van der Waals surface area (Å²) < 4.78 is 0. The van der Waals surface area contributed by atoms with Gasteiger partial charge >= 0.3 is 0 Å². The van der Waals surface area contributed by atoms with Crippen LogP contribution in [0.3, 0.4) is 0 Å². The number of nitrogens with one attached hydrogen (secondary N) is 1. The lowest BCUT2D eigenvalue weighted by atomic mass is 9.80. The fourth-order valence-electron chi connectivity index (χ4n) is 2.28. The summed E-state index contributed by atoms with van der Waals surface area (Å²) in [5, 5.41) is 3.42. The summed E-state index contributed by atoms with van der Waals surface area (Å²) in [5.74, 6) is 0. The van der Waals surface area contributed by atoms with Gasteiger partial charge in [0.05, 0.1) is 0 Å². The molecule has 0 aliphatic rings. The molecule has 1 aromatic rings. The molecule has 0 radical (unpaired) electrons. The lowest BCUT2D eigenvalue weighted by molar-refractivity contribution is 0.287. The average molecular weight is 233 g/mol. The molecule has 0 aliphatic carbocycles. The van der Waals surface area contributed by atoms with Gasteiger partial charge in [-0.1, -0.05) is 65.8 Å². The molecule has 0 aliphatic heterocycles. The van der Waals surface area contributed by atoms with Crippen LogP contribution in [0, 0.1) is 5.41 Å². The van der Waals surface area contributed by atoms with Gasteiger partial charge in [-0.3, -0.25) is 0 Å². The molecule has 0 spiro atoms. The lowest BCUT2D eigenvalue weighted by Crippen LogP contribution is -2.29. The topological polar surface area (TPSA) is 12.0 Å². The first-order valence-electron chi connectivity index (χ1n) is 6.44. The summed E-state index contributed by atoms with van der Waals surface area (Å²) in [6, 6.07) is 9.42. The van der Waals surface area contributed by atoms with Gasteiger partial charge in [0.25, 0.3) is 0 Å². The molecule has 1 N–H and O–H groups in total. The molecule has 0 amide bonds. The zero-order valence-electron chi connectivity index (χ0n) is 12.4. The molecule has 1 aromatic carbocycles. The van der Waals surface area contributed by atoms with Crippen LogP contribution in [0.15, 0.2) is 24.3 Å². The first-order chi connectivity index (χ1) is 7.66. The van der Waals surface area contributed by atoms with Crippen LogP contribution in [0.4, 0.5) is 0 Å². The molecule has 0 fully saturated rings. The Morgan fingerprint density at radius 1 is 0.882 bits per heavy atom. The molecular weight excluding hydrogens is 206 g/mol.